The van der Waals surface area contributed by atoms with Gasteiger partial charge in [0.1, 0.15) is 16.5 Å². The van der Waals surface area contributed by atoms with Crippen LogP contribution in [0.4, 0.5) is 5.00 Å². The molecule has 5 rings (SSSR count). The summed E-state index contributed by atoms with van der Waals surface area (Å²) in [5, 5.41) is 4.36. The molecule has 0 saturated carbocycles. The van der Waals surface area contributed by atoms with E-state index in [4.69, 9.17) is 14.1 Å². The number of amides is 1. The van der Waals surface area contributed by atoms with Crippen LogP contribution in [0.2, 0.25) is 0 Å². The van der Waals surface area contributed by atoms with Crippen molar-refractivity contribution < 1.29 is 18.7 Å². The van der Waals surface area contributed by atoms with Crippen molar-refractivity contribution in [2.75, 3.05) is 11.9 Å². The van der Waals surface area contributed by atoms with E-state index in [1.807, 2.05) is 43.3 Å². The minimum absolute atomic E-state index is 0.172. The molecule has 37 heavy (non-hydrogen) atoms. The Morgan fingerprint density at radius 2 is 1.97 bits per heavy atom. The number of para-hydroxylation sites is 1. The first-order valence-corrected chi connectivity index (χ1v) is 13.6. The Hall–Kier alpha value is -3.45. The molecule has 6 nitrogen and oxygen atoms in total. The number of furan rings is 1. The predicted octanol–water partition coefficient (Wildman–Crippen LogP) is 7.44. The Kier molecular flexibility index (Phi) is 6.67. The fourth-order valence-corrected chi connectivity index (χ4v) is 6.38. The number of hydrogen-bond acceptors (Lipinski definition) is 6. The Morgan fingerprint density at radius 1 is 1.19 bits per heavy atom. The van der Waals surface area contributed by atoms with Crippen molar-refractivity contribution in [2.24, 2.45) is 11.3 Å². The number of pyridine rings is 1. The molecule has 1 amide bonds. The summed E-state index contributed by atoms with van der Waals surface area (Å²) < 4.78 is 11.2. The summed E-state index contributed by atoms with van der Waals surface area (Å²) in [6.45, 7) is 10.7. The molecule has 0 bridgehead atoms. The van der Waals surface area contributed by atoms with Gasteiger partial charge in [0.05, 0.1) is 23.3 Å². The van der Waals surface area contributed by atoms with Crippen LogP contribution in [0.1, 0.15) is 71.0 Å². The Bertz CT molecular complexity index is 1490. The standard InChI is InChI=1S/C30H32N2O4S/c1-6-35-29(34)26-20-13-12-18(30(3,4)5)15-25(20)37-28(26)32-27(33)21-16-23(24-14-11-17(2)36-24)31-22-10-8-7-9-19(21)22/h7-11,14,16,18H,6,12-13,15H2,1-5H3,(H,32,33)/t18-/m0/s1. The van der Waals surface area contributed by atoms with Crippen LogP contribution in [-0.4, -0.2) is 23.5 Å². The number of benzene rings is 1. The summed E-state index contributed by atoms with van der Waals surface area (Å²) in [4.78, 5) is 32.7. The highest BCUT2D eigenvalue weighted by Gasteiger charge is 2.34. The normalized spacial score (nSPS) is 15.4. The summed E-state index contributed by atoms with van der Waals surface area (Å²) in [6.07, 6.45) is 2.71. The SMILES string of the molecule is CCOC(=O)c1c(NC(=O)c2cc(-c3ccc(C)o3)nc3ccccc23)sc2c1CC[C@H](C(C)(C)C)C2. The van der Waals surface area contributed by atoms with E-state index in [9.17, 15) is 9.59 Å². The molecule has 1 aliphatic carbocycles. The average Bonchev–Trinajstić information content (AvgIpc) is 3.45. The van der Waals surface area contributed by atoms with Gasteiger partial charge in [0, 0.05) is 10.3 Å². The van der Waals surface area contributed by atoms with Gasteiger partial charge >= 0.3 is 5.97 Å². The van der Waals surface area contributed by atoms with Gasteiger partial charge in [-0.15, -0.1) is 11.3 Å². The molecule has 1 aliphatic rings. The molecule has 1 N–H and O–H groups in total. The minimum Gasteiger partial charge on any atom is -0.462 e. The third-order valence-electron chi connectivity index (χ3n) is 7.15. The number of nitrogens with one attached hydrogen (secondary N) is 1. The number of rotatable bonds is 5. The Balaban J connectivity index is 1.56. The second-order valence-electron chi connectivity index (χ2n) is 10.7. The fraction of sp³-hybridized carbons (Fsp3) is 0.367. The molecule has 1 atom stereocenters. The van der Waals surface area contributed by atoms with Gasteiger partial charge in [0.2, 0.25) is 0 Å². The highest BCUT2D eigenvalue weighted by Crippen LogP contribution is 2.44. The zero-order chi connectivity index (χ0) is 26.3. The lowest BCUT2D eigenvalue weighted by molar-refractivity contribution is 0.0526. The van der Waals surface area contributed by atoms with Gasteiger partial charge in [-0.05, 0) is 74.3 Å². The molecule has 3 heterocycles. The quantitative estimate of drug-likeness (QED) is 0.279. The summed E-state index contributed by atoms with van der Waals surface area (Å²) in [5.74, 6) is 1.22. The van der Waals surface area contributed by atoms with Gasteiger partial charge in [-0.1, -0.05) is 39.0 Å². The fourth-order valence-electron chi connectivity index (χ4n) is 5.06. The lowest BCUT2D eigenvalue weighted by Crippen LogP contribution is -2.26. The maximum Gasteiger partial charge on any atom is 0.341 e. The molecule has 0 fully saturated rings. The monoisotopic (exact) mass is 516 g/mol. The van der Waals surface area contributed by atoms with Crippen LogP contribution in [0.15, 0.2) is 46.9 Å². The Labute approximate surface area is 221 Å². The first kappa shape index (κ1) is 25.2. The van der Waals surface area contributed by atoms with Gasteiger partial charge in [0.15, 0.2) is 5.76 Å². The number of thiophene rings is 1. The van der Waals surface area contributed by atoms with Crippen molar-refractivity contribution in [3.8, 4) is 11.5 Å². The van der Waals surface area contributed by atoms with E-state index < -0.39 is 0 Å². The molecule has 4 aromatic rings. The van der Waals surface area contributed by atoms with E-state index in [0.29, 0.717) is 39.0 Å². The largest absolute Gasteiger partial charge is 0.462 e. The molecule has 7 heteroatoms. The van der Waals surface area contributed by atoms with E-state index in [0.717, 1.165) is 40.8 Å². The molecule has 0 spiro atoms. The summed E-state index contributed by atoms with van der Waals surface area (Å²) in [6, 6.07) is 13.0. The van der Waals surface area contributed by atoms with E-state index in [1.165, 1.54) is 11.3 Å². The molecule has 1 aromatic carbocycles. The lowest BCUT2D eigenvalue weighted by atomic mass is 9.72. The van der Waals surface area contributed by atoms with Gasteiger partial charge < -0.3 is 14.5 Å². The number of carbonyl (C=O) groups is 2. The zero-order valence-electron chi connectivity index (χ0n) is 21.9. The second-order valence-corrected chi connectivity index (χ2v) is 11.8. The van der Waals surface area contributed by atoms with Crippen LogP contribution >= 0.6 is 11.3 Å². The molecule has 192 valence electrons. The number of nitrogens with zero attached hydrogens (tertiary/aromatic N) is 1. The van der Waals surface area contributed by atoms with Crippen molar-refractivity contribution in [1.82, 2.24) is 4.98 Å². The van der Waals surface area contributed by atoms with E-state index >= 15 is 0 Å². The summed E-state index contributed by atoms with van der Waals surface area (Å²) >= 11 is 1.50. The van der Waals surface area contributed by atoms with Gasteiger partial charge in [-0.3, -0.25) is 4.79 Å². The molecule has 3 aromatic heterocycles. The highest BCUT2D eigenvalue weighted by molar-refractivity contribution is 7.17. The third-order valence-corrected chi connectivity index (χ3v) is 8.32. The molecule has 0 aliphatic heterocycles. The number of aromatic nitrogens is 1. The maximum atomic E-state index is 13.8. The molecular formula is C30H32N2O4S. The van der Waals surface area contributed by atoms with Crippen molar-refractivity contribution in [2.45, 2.75) is 53.9 Å². The molecule has 0 radical (unpaired) electrons. The Morgan fingerprint density at radius 3 is 2.68 bits per heavy atom. The van der Waals surface area contributed by atoms with Gasteiger partial charge in [0.25, 0.3) is 5.91 Å². The van der Waals surface area contributed by atoms with Gasteiger partial charge in [-0.2, -0.15) is 0 Å². The number of carbonyl (C=O) groups excluding carboxylic acids is 2. The van der Waals surface area contributed by atoms with Crippen LogP contribution in [0.25, 0.3) is 22.4 Å². The third kappa shape index (κ3) is 4.92. The van der Waals surface area contributed by atoms with Gasteiger partial charge in [-0.25, -0.2) is 9.78 Å². The predicted molar refractivity (Wildman–Crippen MR) is 147 cm³/mol. The van der Waals surface area contributed by atoms with E-state index in [2.05, 4.69) is 26.1 Å². The zero-order valence-corrected chi connectivity index (χ0v) is 22.8. The molecular weight excluding hydrogens is 484 g/mol. The van der Waals surface area contributed by atoms with Crippen molar-refractivity contribution in [3.63, 3.8) is 0 Å². The van der Waals surface area contributed by atoms with Crippen LogP contribution in [0.5, 0.6) is 0 Å². The number of esters is 1. The highest BCUT2D eigenvalue weighted by atomic mass is 32.1. The number of ether oxygens (including phenoxy) is 1. The van der Waals surface area contributed by atoms with Crippen LogP contribution < -0.4 is 5.32 Å². The van der Waals surface area contributed by atoms with Crippen molar-refractivity contribution >= 4 is 39.1 Å². The number of aryl methyl sites for hydroxylation is 1. The number of hydrogen-bond donors (Lipinski definition) is 1. The maximum absolute atomic E-state index is 13.8. The van der Waals surface area contributed by atoms with Crippen LogP contribution in [0.3, 0.4) is 0 Å². The van der Waals surface area contributed by atoms with E-state index in [1.54, 1.807) is 13.0 Å². The smallest absolute Gasteiger partial charge is 0.341 e. The van der Waals surface area contributed by atoms with E-state index in [-0.39, 0.29) is 23.9 Å². The van der Waals surface area contributed by atoms with Crippen LogP contribution in [-0.2, 0) is 17.6 Å². The average molecular weight is 517 g/mol. The first-order valence-electron chi connectivity index (χ1n) is 12.7. The minimum atomic E-state index is -0.379. The van der Waals surface area contributed by atoms with Crippen LogP contribution in [0, 0.1) is 18.3 Å². The topological polar surface area (TPSA) is 81.4 Å². The summed E-state index contributed by atoms with van der Waals surface area (Å²) in [5.41, 5.74) is 3.45. The lowest BCUT2D eigenvalue weighted by Gasteiger charge is -2.33. The number of fused-ring (bicyclic) bond motifs is 2. The van der Waals surface area contributed by atoms with Crippen molar-refractivity contribution in [1.29, 1.82) is 0 Å². The summed E-state index contributed by atoms with van der Waals surface area (Å²) in [7, 11) is 0. The second kappa shape index (κ2) is 9.78. The van der Waals surface area contributed by atoms with Crippen molar-refractivity contribution in [3.05, 3.63) is 69.8 Å². The first-order chi connectivity index (χ1) is 17.7. The molecule has 0 unspecified atom stereocenters. The molecule has 0 saturated heterocycles. The number of anilines is 1.